The normalized spacial score (nSPS) is 17.1. The highest BCUT2D eigenvalue weighted by atomic mass is 32.1. The van der Waals surface area contributed by atoms with Crippen LogP contribution in [-0.2, 0) is 17.9 Å². The van der Waals surface area contributed by atoms with Gasteiger partial charge < -0.3 is 15.0 Å². The molecule has 1 fully saturated rings. The van der Waals surface area contributed by atoms with Crippen molar-refractivity contribution in [2.75, 3.05) is 31.6 Å². The van der Waals surface area contributed by atoms with E-state index in [0.717, 1.165) is 37.8 Å². The number of piperidine rings is 1. The average molecular weight is 283 g/mol. The summed E-state index contributed by atoms with van der Waals surface area (Å²) in [6.45, 7) is 9.25. The van der Waals surface area contributed by atoms with Gasteiger partial charge in [-0.25, -0.2) is 4.98 Å². The second-order valence-electron chi connectivity index (χ2n) is 5.25. The Morgan fingerprint density at radius 1 is 1.42 bits per heavy atom. The lowest BCUT2D eigenvalue weighted by atomic mass is 10.00. The van der Waals surface area contributed by atoms with E-state index in [1.807, 2.05) is 11.3 Å². The molecule has 4 nitrogen and oxygen atoms in total. The van der Waals surface area contributed by atoms with Crippen LogP contribution < -0.4 is 10.2 Å². The van der Waals surface area contributed by atoms with E-state index in [-0.39, 0.29) is 0 Å². The van der Waals surface area contributed by atoms with Gasteiger partial charge in [-0.3, -0.25) is 0 Å². The summed E-state index contributed by atoms with van der Waals surface area (Å²) >= 11 is 1.82. The van der Waals surface area contributed by atoms with Gasteiger partial charge in [-0.05, 0) is 25.3 Å². The first-order chi connectivity index (χ1) is 9.24. The number of thiazole rings is 1. The Hall–Kier alpha value is -0.650. The quantitative estimate of drug-likeness (QED) is 0.871. The van der Waals surface area contributed by atoms with E-state index in [1.165, 1.54) is 22.9 Å². The highest BCUT2D eigenvalue weighted by Gasteiger charge is 2.20. The van der Waals surface area contributed by atoms with Crippen molar-refractivity contribution < 1.29 is 4.74 Å². The lowest BCUT2D eigenvalue weighted by molar-refractivity contribution is 0.181. The zero-order valence-corrected chi connectivity index (χ0v) is 13.1. The molecule has 0 aromatic carbocycles. The number of nitrogens with one attached hydrogen (secondary N) is 1. The molecule has 0 amide bonds. The van der Waals surface area contributed by atoms with Gasteiger partial charge in [-0.1, -0.05) is 13.8 Å². The third-order valence-corrected chi connectivity index (χ3v) is 4.80. The summed E-state index contributed by atoms with van der Waals surface area (Å²) in [5.41, 5.74) is 1.10. The zero-order valence-electron chi connectivity index (χ0n) is 12.2. The highest BCUT2D eigenvalue weighted by molar-refractivity contribution is 7.15. The second kappa shape index (κ2) is 7.22. The van der Waals surface area contributed by atoms with E-state index in [2.05, 4.69) is 24.1 Å². The molecule has 0 spiro atoms. The fraction of sp³-hybridized carbons (Fsp3) is 0.786. The predicted molar refractivity (Wildman–Crippen MR) is 80.8 cm³/mol. The Morgan fingerprint density at radius 3 is 2.79 bits per heavy atom. The summed E-state index contributed by atoms with van der Waals surface area (Å²) in [5.74, 6) is 0.857. The van der Waals surface area contributed by atoms with Crippen LogP contribution in [0.15, 0.2) is 0 Å². The highest BCUT2D eigenvalue weighted by Crippen LogP contribution is 2.30. The molecule has 1 aliphatic rings. The zero-order chi connectivity index (χ0) is 13.7. The van der Waals surface area contributed by atoms with Gasteiger partial charge in [0.2, 0.25) is 0 Å². The number of ether oxygens (including phenoxy) is 1. The smallest absolute Gasteiger partial charge is 0.185 e. The van der Waals surface area contributed by atoms with E-state index in [9.17, 15) is 0 Å². The average Bonchev–Trinajstić information content (AvgIpc) is 2.81. The number of methoxy groups -OCH3 is 1. The van der Waals surface area contributed by atoms with Crippen molar-refractivity contribution in [3.63, 3.8) is 0 Å². The van der Waals surface area contributed by atoms with Crippen molar-refractivity contribution in [3.8, 4) is 0 Å². The molecule has 5 heteroatoms. The molecule has 2 heterocycles. The van der Waals surface area contributed by atoms with E-state index < -0.39 is 0 Å². The summed E-state index contributed by atoms with van der Waals surface area (Å²) in [6.07, 6.45) is 2.56. The van der Waals surface area contributed by atoms with Crippen LogP contribution in [0.3, 0.4) is 0 Å². The largest absolute Gasteiger partial charge is 0.378 e. The van der Waals surface area contributed by atoms with Crippen LogP contribution in [0.5, 0.6) is 0 Å². The molecule has 1 aromatic heterocycles. The van der Waals surface area contributed by atoms with Crippen molar-refractivity contribution >= 4 is 16.5 Å². The van der Waals surface area contributed by atoms with E-state index >= 15 is 0 Å². The molecular weight excluding hydrogens is 258 g/mol. The third kappa shape index (κ3) is 3.91. The molecule has 0 bridgehead atoms. The third-order valence-electron chi connectivity index (χ3n) is 3.64. The summed E-state index contributed by atoms with van der Waals surface area (Å²) in [7, 11) is 1.73. The fourth-order valence-electron chi connectivity index (χ4n) is 2.33. The number of hydrogen-bond donors (Lipinski definition) is 1. The first-order valence-corrected chi connectivity index (χ1v) is 7.99. The molecule has 1 N–H and O–H groups in total. The van der Waals surface area contributed by atoms with E-state index in [0.29, 0.717) is 6.61 Å². The molecule has 2 rings (SSSR count). The lowest BCUT2D eigenvalue weighted by Gasteiger charge is -2.29. The molecule has 1 aliphatic heterocycles. The summed E-state index contributed by atoms with van der Waals surface area (Å²) < 4.78 is 5.26. The molecular formula is C14H25N3OS. The number of anilines is 1. The van der Waals surface area contributed by atoms with Crippen molar-refractivity contribution in [3.05, 3.63) is 10.6 Å². The standard InChI is InChI=1S/C14H25N3OS/c1-4-15-9-13-12(10-18-3)16-14(19-13)17-7-5-11(2)6-8-17/h11,15H,4-10H2,1-3H3. The van der Waals surface area contributed by atoms with Crippen LogP contribution in [0, 0.1) is 5.92 Å². The first kappa shape index (κ1) is 14.8. The molecule has 0 unspecified atom stereocenters. The topological polar surface area (TPSA) is 37.4 Å². The van der Waals surface area contributed by atoms with Gasteiger partial charge in [0.25, 0.3) is 0 Å². The van der Waals surface area contributed by atoms with Crippen LogP contribution in [0.4, 0.5) is 5.13 Å². The molecule has 0 aliphatic carbocycles. The minimum atomic E-state index is 0.613. The monoisotopic (exact) mass is 283 g/mol. The molecule has 0 atom stereocenters. The Balaban J connectivity index is 2.07. The van der Waals surface area contributed by atoms with Crippen LogP contribution >= 0.6 is 11.3 Å². The maximum Gasteiger partial charge on any atom is 0.185 e. The minimum Gasteiger partial charge on any atom is -0.378 e. The SMILES string of the molecule is CCNCc1sc(N2CCC(C)CC2)nc1COC. The van der Waals surface area contributed by atoms with Gasteiger partial charge in [0.05, 0.1) is 12.3 Å². The maximum absolute atomic E-state index is 5.26. The number of rotatable bonds is 6. The Bertz CT molecular complexity index is 386. The number of nitrogens with zero attached hydrogens (tertiary/aromatic N) is 2. The van der Waals surface area contributed by atoms with E-state index in [1.54, 1.807) is 7.11 Å². The summed E-state index contributed by atoms with van der Waals surface area (Å²) in [5, 5.41) is 4.56. The summed E-state index contributed by atoms with van der Waals surface area (Å²) in [6, 6.07) is 0. The van der Waals surface area contributed by atoms with Crippen LogP contribution in [0.1, 0.15) is 37.3 Å². The van der Waals surface area contributed by atoms with Crippen molar-refractivity contribution in [1.29, 1.82) is 0 Å². The minimum absolute atomic E-state index is 0.613. The van der Waals surface area contributed by atoms with Crippen LogP contribution in [-0.4, -0.2) is 31.7 Å². The predicted octanol–water partition coefficient (Wildman–Crippen LogP) is 2.64. The lowest BCUT2D eigenvalue weighted by Crippen LogP contribution is -2.32. The number of aromatic nitrogens is 1. The van der Waals surface area contributed by atoms with Gasteiger partial charge in [0, 0.05) is 31.6 Å². The van der Waals surface area contributed by atoms with Crippen molar-refractivity contribution in [1.82, 2.24) is 10.3 Å². The molecule has 0 saturated carbocycles. The fourth-order valence-corrected chi connectivity index (χ4v) is 3.42. The Kier molecular flexibility index (Phi) is 5.60. The summed E-state index contributed by atoms with van der Waals surface area (Å²) in [4.78, 5) is 8.53. The Labute approximate surface area is 120 Å². The second-order valence-corrected chi connectivity index (χ2v) is 6.31. The van der Waals surface area contributed by atoms with Crippen LogP contribution in [0.25, 0.3) is 0 Å². The molecule has 1 aromatic rings. The van der Waals surface area contributed by atoms with Crippen LogP contribution in [0.2, 0.25) is 0 Å². The van der Waals surface area contributed by atoms with Gasteiger partial charge >= 0.3 is 0 Å². The van der Waals surface area contributed by atoms with E-state index in [4.69, 9.17) is 9.72 Å². The van der Waals surface area contributed by atoms with Crippen molar-refractivity contribution in [2.45, 2.75) is 39.8 Å². The van der Waals surface area contributed by atoms with Gasteiger partial charge in [-0.15, -0.1) is 11.3 Å². The molecule has 108 valence electrons. The molecule has 0 radical (unpaired) electrons. The number of hydrogen-bond acceptors (Lipinski definition) is 5. The molecule has 19 heavy (non-hydrogen) atoms. The van der Waals surface area contributed by atoms with Gasteiger partial charge in [0.1, 0.15) is 0 Å². The van der Waals surface area contributed by atoms with Gasteiger partial charge in [-0.2, -0.15) is 0 Å². The first-order valence-electron chi connectivity index (χ1n) is 7.17. The maximum atomic E-state index is 5.26. The molecule has 1 saturated heterocycles. The Morgan fingerprint density at radius 2 is 2.16 bits per heavy atom. The van der Waals surface area contributed by atoms with Gasteiger partial charge in [0.15, 0.2) is 5.13 Å². The van der Waals surface area contributed by atoms with Crippen molar-refractivity contribution in [2.24, 2.45) is 5.92 Å².